The molecule has 0 saturated carbocycles. The van der Waals surface area contributed by atoms with E-state index in [4.69, 9.17) is 34.8 Å². The lowest BCUT2D eigenvalue weighted by Crippen LogP contribution is -2.13. The Morgan fingerprint density at radius 1 is 0.778 bits per heavy atom. The van der Waals surface area contributed by atoms with Crippen LogP contribution in [0.25, 0.3) is 0 Å². The van der Waals surface area contributed by atoms with E-state index in [0.29, 0.717) is 16.6 Å². The van der Waals surface area contributed by atoms with E-state index >= 15 is 0 Å². The van der Waals surface area contributed by atoms with Crippen molar-refractivity contribution in [3.63, 3.8) is 0 Å². The third-order valence-electron chi connectivity index (χ3n) is 2.61. The Morgan fingerprint density at radius 3 is 2.00 bits per heavy atom. The van der Waals surface area contributed by atoms with Crippen molar-refractivity contribution < 1.29 is 0 Å². The summed E-state index contributed by atoms with van der Waals surface area (Å²) in [6.45, 7) is 1.39. The van der Waals surface area contributed by atoms with Gasteiger partial charge in [0.15, 0.2) is 0 Å². The Morgan fingerprint density at radius 2 is 1.39 bits per heavy atom. The molecule has 0 spiro atoms. The molecule has 0 aromatic heterocycles. The quantitative estimate of drug-likeness (QED) is 0.843. The minimum absolute atomic E-state index is 0.640. The number of nitrogens with one attached hydrogen (secondary N) is 1. The molecule has 1 nitrogen and oxygen atoms in total. The molecule has 2 aromatic rings. The van der Waals surface area contributed by atoms with E-state index in [-0.39, 0.29) is 0 Å². The third-order valence-corrected chi connectivity index (χ3v) is 3.57. The first kappa shape index (κ1) is 13.7. The van der Waals surface area contributed by atoms with Crippen molar-refractivity contribution in [3.8, 4) is 0 Å². The number of hydrogen-bond acceptors (Lipinski definition) is 1. The van der Waals surface area contributed by atoms with Gasteiger partial charge in [-0.3, -0.25) is 0 Å². The fraction of sp³-hybridized carbons (Fsp3) is 0.143. The van der Waals surface area contributed by atoms with Crippen LogP contribution in [0.3, 0.4) is 0 Å². The summed E-state index contributed by atoms with van der Waals surface area (Å²) in [5, 5.41) is 5.42. The molecule has 0 saturated heterocycles. The number of hydrogen-bond donors (Lipinski definition) is 1. The van der Waals surface area contributed by atoms with Gasteiger partial charge in [0.1, 0.15) is 0 Å². The van der Waals surface area contributed by atoms with Crippen molar-refractivity contribution in [2.24, 2.45) is 0 Å². The lowest BCUT2D eigenvalue weighted by molar-refractivity contribution is 0.693. The highest BCUT2D eigenvalue weighted by atomic mass is 35.5. The van der Waals surface area contributed by atoms with Crippen molar-refractivity contribution in [1.29, 1.82) is 0 Å². The fourth-order valence-corrected chi connectivity index (χ4v) is 2.29. The molecular weight excluding hydrogens is 289 g/mol. The summed E-state index contributed by atoms with van der Waals surface area (Å²) >= 11 is 18.0. The average molecular weight is 301 g/mol. The van der Waals surface area contributed by atoms with Crippen LogP contribution in [0, 0.1) is 0 Å². The predicted molar refractivity (Wildman–Crippen MR) is 78.5 cm³/mol. The smallest absolute Gasteiger partial charge is 0.0465 e. The molecule has 0 atom stereocenters. The van der Waals surface area contributed by atoms with Gasteiger partial charge in [0, 0.05) is 33.7 Å². The summed E-state index contributed by atoms with van der Waals surface area (Å²) in [5.74, 6) is 0. The van der Waals surface area contributed by atoms with Crippen molar-refractivity contribution in [3.05, 3.63) is 68.7 Å². The summed E-state index contributed by atoms with van der Waals surface area (Å²) in [6.07, 6.45) is 0. The zero-order valence-electron chi connectivity index (χ0n) is 9.59. The van der Waals surface area contributed by atoms with Crippen LogP contribution in [-0.2, 0) is 13.1 Å². The molecule has 0 fully saturated rings. The second-order valence-corrected chi connectivity index (χ2v) is 5.18. The largest absolute Gasteiger partial charge is 0.309 e. The van der Waals surface area contributed by atoms with Crippen molar-refractivity contribution in [2.75, 3.05) is 0 Å². The minimum Gasteiger partial charge on any atom is -0.309 e. The first-order chi connectivity index (χ1) is 8.66. The van der Waals surface area contributed by atoms with Crippen molar-refractivity contribution >= 4 is 34.8 Å². The first-order valence-electron chi connectivity index (χ1n) is 5.55. The number of rotatable bonds is 4. The van der Waals surface area contributed by atoms with E-state index in [2.05, 4.69) is 5.32 Å². The normalized spacial score (nSPS) is 10.6. The predicted octanol–water partition coefficient (Wildman–Crippen LogP) is 4.94. The van der Waals surface area contributed by atoms with E-state index in [0.717, 1.165) is 17.1 Å². The summed E-state index contributed by atoms with van der Waals surface area (Å²) in [5.41, 5.74) is 2.09. The Hall–Kier alpha value is -0.730. The minimum atomic E-state index is 0.640. The Labute approximate surface area is 122 Å². The summed E-state index contributed by atoms with van der Waals surface area (Å²) in [6, 6.07) is 13.3. The Kier molecular flexibility index (Phi) is 4.90. The van der Waals surface area contributed by atoms with Crippen LogP contribution in [0.1, 0.15) is 11.1 Å². The van der Waals surface area contributed by atoms with Gasteiger partial charge in [-0.15, -0.1) is 0 Å². The molecule has 4 heteroatoms. The zero-order valence-corrected chi connectivity index (χ0v) is 11.9. The highest BCUT2D eigenvalue weighted by Gasteiger charge is 2.04. The highest BCUT2D eigenvalue weighted by molar-refractivity contribution is 6.36. The molecule has 0 unspecified atom stereocenters. The van der Waals surface area contributed by atoms with Gasteiger partial charge in [-0.25, -0.2) is 0 Å². The maximum Gasteiger partial charge on any atom is 0.0465 e. The molecule has 0 amide bonds. The molecule has 0 aliphatic carbocycles. The van der Waals surface area contributed by atoms with Crippen LogP contribution in [0.5, 0.6) is 0 Å². The molecule has 0 aliphatic rings. The van der Waals surface area contributed by atoms with Crippen molar-refractivity contribution in [1.82, 2.24) is 5.32 Å². The topological polar surface area (TPSA) is 12.0 Å². The molecule has 94 valence electrons. The molecule has 2 aromatic carbocycles. The van der Waals surface area contributed by atoms with Gasteiger partial charge in [-0.1, -0.05) is 53.0 Å². The van der Waals surface area contributed by atoms with Gasteiger partial charge in [0.25, 0.3) is 0 Å². The van der Waals surface area contributed by atoms with Crippen LogP contribution in [0.15, 0.2) is 42.5 Å². The van der Waals surface area contributed by atoms with Gasteiger partial charge >= 0.3 is 0 Å². The van der Waals surface area contributed by atoms with E-state index in [1.54, 1.807) is 0 Å². The fourth-order valence-electron chi connectivity index (χ4n) is 1.64. The Bertz CT molecular complexity index is 503. The standard InChI is InChI=1S/C14H12Cl3N/c15-11-6-4-10(5-7-11)8-18-9-12-13(16)2-1-3-14(12)17/h1-7,18H,8-9H2. The molecule has 1 N–H and O–H groups in total. The highest BCUT2D eigenvalue weighted by Crippen LogP contribution is 2.23. The lowest BCUT2D eigenvalue weighted by atomic mass is 10.2. The van der Waals surface area contributed by atoms with Crippen LogP contribution in [-0.4, -0.2) is 0 Å². The van der Waals surface area contributed by atoms with Crippen molar-refractivity contribution in [2.45, 2.75) is 13.1 Å². The zero-order chi connectivity index (χ0) is 13.0. The van der Waals surface area contributed by atoms with Gasteiger partial charge in [0.2, 0.25) is 0 Å². The molecule has 0 aliphatic heterocycles. The molecule has 0 radical (unpaired) electrons. The lowest BCUT2D eigenvalue weighted by Gasteiger charge is -2.08. The van der Waals surface area contributed by atoms with E-state index in [1.165, 1.54) is 5.56 Å². The van der Waals surface area contributed by atoms with Crippen LogP contribution in [0.2, 0.25) is 15.1 Å². The van der Waals surface area contributed by atoms with Gasteiger partial charge < -0.3 is 5.32 Å². The summed E-state index contributed by atoms with van der Waals surface area (Å²) in [4.78, 5) is 0. The van der Waals surface area contributed by atoms with E-state index in [1.807, 2.05) is 42.5 Å². The summed E-state index contributed by atoms with van der Waals surface area (Å²) < 4.78 is 0. The van der Waals surface area contributed by atoms with Gasteiger partial charge in [-0.2, -0.15) is 0 Å². The van der Waals surface area contributed by atoms with Crippen LogP contribution < -0.4 is 5.32 Å². The molecule has 18 heavy (non-hydrogen) atoms. The number of halogens is 3. The monoisotopic (exact) mass is 299 g/mol. The van der Waals surface area contributed by atoms with E-state index < -0.39 is 0 Å². The van der Waals surface area contributed by atoms with E-state index in [9.17, 15) is 0 Å². The maximum atomic E-state index is 6.09. The third kappa shape index (κ3) is 3.63. The van der Waals surface area contributed by atoms with Crippen LogP contribution >= 0.6 is 34.8 Å². The first-order valence-corrected chi connectivity index (χ1v) is 6.68. The van der Waals surface area contributed by atoms with Gasteiger partial charge in [-0.05, 0) is 29.8 Å². The molecule has 0 heterocycles. The maximum absolute atomic E-state index is 6.09. The number of benzene rings is 2. The molecule has 0 bridgehead atoms. The second kappa shape index (κ2) is 6.44. The Balaban J connectivity index is 1.94. The average Bonchev–Trinajstić information content (AvgIpc) is 2.35. The molecular formula is C14H12Cl3N. The van der Waals surface area contributed by atoms with Crippen LogP contribution in [0.4, 0.5) is 0 Å². The SMILES string of the molecule is Clc1ccc(CNCc2c(Cl)cccc2Cl)cc1. The molecule has 2 rings (SSSR count). The second-order valence-electron chi connectivity index (χ2n) is 3.93. The summed E-state index contributed by atoms with van der Waals surface area (Å²) in [7, 11) is 0. The van der Waals surface area contributed by atoms with Gasteiger partial charge in [0.05, 0.1) is 0 Å².